The Morgan fingerprint density at radius 2 is 1.82 bits per heavy atom. The summed E-state index contributed by atoms with van der Waals surface area (Å²) >= 11 is 0. The highest BCUT2D eigenvalue weighted by Gasteiger charge is 2.32. The lowest BCUT2D eigenvalue weighted by atomic mass is 9.66. The van der Waals surface area contributed by atoms with Crippen LogP contribution in [0.4, 0.5) is 0 Å². The maximum Gasteiger partial charge on any atom is 0.119 e. The zero-order valence-electron chi connectivity index (χ0n) is 11.4. The van der Waals surface area contributed by atoms with Gasteiger partial charge in [0, 0.05) is 6.42 Å². The predicted octanol–water partition coefficient (Wildman–Crippen LogP) is 4.76. The van der Waals surface area contributed by atoms with Crippen molar-refractivity contribution in [3.63, 3.8) is 0 Å². The molecule has 0 aromatic rings. The second-order valence-corrected chi connectivity index (χ2v) is 5.49. The van der Waals surface area contributed by atoms with Crippen LogP contribution in [0.25, 0.3) is 0 Å². The highest BCUT2D eigenvalue weighted by molar-refractivity contribution is 5.48. The molecule has 0 saturated heterocycles. The summed E-state index contributed by atoms with van der Waals surface area (Å²) < 4.78 is 0. The fourth-order valence-corrected chi connectivity index (χ4v) is 3.40. The number of carbonyl (C=O) groups excluding carboxylic acids is 1. The first-order chi connectivity index (χ1) is 8.33. The average Bonchev–Trinajstić information content (AvgIpc) is 2.40. The van der Waals surface area contributed by atoms with Crippen molar-refractivity contribution in [2.24, 2.45) is 17.8 Å². The Balaban J connectivity index is 0.000000249. The highest BCUT2D eigenvalue weighted by atomic mass is 16.1. The molecular weight excluding hydrogens is 208 g/mol. The van der Waals surface area contributed by atoms with Gasteiger partial charge in [0.15, 0.2) is 0 Å². The van der Waals surface area contributed by atoms with E-state index in [1.165, 1.54) is 44.9 Å². The number of rotatable bonds is 3. The molecule has 17 heavy (non-hydrogen) atoms. The van der Waals surface area contributed by atoms with E-state index in [1.807, 2.05) is 6.92 Å². The van der Waals surface area contributed by atoms with Gasteiger partial charge in [0.2, 0.25) is 0 Å². The van der Waals surface area contributed by atoms with Crippen molar-refractivity contribution in [3.8, 4) is 0 Å². The number of fused-ring (bicyclic) bond motifs is 1. The Bertz CT molecular complexity index is 220. The number of hydrogen-bond donors (Lipinski definition) is 0. The van der Waals surface area contributed by atoms with E-state index < -0.39 is 0 Å². The molecule has 0 radical (unpaired) electrons. The Hall–Kier alpha value is -0.590. The van der Waals surface area contributed by atoms with Crippen LogP contribution in [-0.2, 0) is 4.79 Å². The van der Waals surface area contributed by atoms with Gasteiger partial charge in [-0.15, -0.1) is 6.58 Å². The van der Waals surface area contributed by atoms with Crippen LogP contribution >= 0.6 is 0 Å². The molecule has 0 amide bonds. The molecule has 0 aromatic carbocycles. The van der Waals surface area contributed by atoms with Gasteiger partial charge >= 0.3 is 0 Å². The standard InChI is InChI=1S/C12H20.C4H8O/c1-2-10-7-5-8-11-6-3-4-9-12(10)11;1-2-3-4-5/h2,10-12H,1,3-9H2;4H,2-3H2,1H3. The average molecular weight is 236 g/mol. The molecule has 3 unspecified atom stereocenters. The molecular formula is C16H28O. The smallest absolute Gasteiger partial charge is 0.119 e. The molecule has 2 saturated carbocycles. The molecule has 3 atom stereocenters. The summed E-state index contributed by atoms with van der Waals surface area (Å²) in [5, 5.41) is 0. The summed E-state index contributed by atoms with van der Waals surface area (Å²) in [5.74, 6) is 2.95. The monoisotopic (exact) mass is 236 g/mol. The molecule has 2 aliphatic rings. The minimum atomic E-state index is 0.708. The quantitative estimate of drug-likeness (QED) is 0.510. The zero-order chi connectivity index (χ0) is 12.5. The third-order valence-electron chi connectivity index (χ3n) is 4.34. The van der Waals surface area contributed by atoms with Crippen molar-refractivity contribution in [1.29, 1.82) is 0 Å². The molecule has 0 spiro atoms. The molecule has 0 heterocycles. The van der Waals surface area contributed by atoms with E-state index in [-0.39, 0.29) is 0 Å². The van der Waals surface area contributed by atoms with Crippen molar-refractivity contribution in [1.82, 2.24) is 0 Å². The molecule has 2 fully saturated rings. The van der Waals surface area contributed by atoms with Crippen LogP contribution in [0.1, 0.15) is 64.7 Å². The molecule has 98 valence electrons. The SMILES string of the molecule is C=CC1CCCC2CCCCC12.CCCC=O. The third-order valence-corrected chi connectivity index (χ3v) is 4.34. The Labute approximate surface area is 107 Å². The summed E-state index contributed by atoms with van der Waals surface area (Å²) in [6.07, 6.45) is 15.2. The van der Waals surface area contributed by atoms with E-state index in [0.29, 0.717) is 6.42 Å². The zero-order valence-corrected chi connectivity index (χ0v) is 11.4. The summed E-state index contributed by atoms with van der Waals surface area (Å²) in [6, 6.07) is 0. The lowest BCUT2D eigenvalue weighted by molar-refractivity contribution is -0.107. The van der Waals surface area contributed by atoms with Crippen molar-refractivity contribution >= 4 is 6.29 Å². The van der Waals surface area contributed by atoms with Gasteiger partial charge in [0.25, 0.3) is 0 Å². The lowest BCUT2D eigenvalue weighted by Crippen LogP contribution is -2.29. The molecule has 0 N–H and O–H groups in total. The Morgan fingerprint density at radius 3 is 2.41 bits per heavy atom. The molecule has 0 bridgehead atoms. The van der Waals surface area contributed by atoms with E-state index in [4.69, 9.17) is 0 Å². The lowest BCUT2D eigenvalue weighted by Gasteiger charge is -2.40. The minimum Gasteiger partial charge on any atom is -0.303 e. The second-order valence-electron chi connectivity index (χ2n) is 5.49. The fraction of sp³-hybridized carbons (Fsp3) is 0.812. The first kappa shape index (κ1) is 14.5. The predicted molar refractivity (Wildman–Crippen MR) is 74.0 cm³/mol. The van der Waals surface area contributed by atoms with Crippen LogP contribution in [0.2, 0.25) is 0 Å². The van der Waals surface area contributed by atoms with Crippen molar-refractivity contribution in [2.75, 3.05) is 0 Å². The van der Waals surface area contributed by atoms with Crippen molar-refractivity contribution < 1.29 is 4.79 Å². The number of allylic oxidation sites excluding steroid dienone is 1. The summed E-state index contributed by atoms with van der Waals surface area (Å²) in [7, 11) is 0. The molecule has 0 aliphatic heterocycles. The third kappa shape index (κ3) is 4.65. The molecule has 1 nitrogen and oxygen atoms in total. The summed E-state index contributed by atoms with van der Waals surface area (Å²) in [4.78, 5) is 9.40. The van der Waals surface area contributed by atoms with Crippen LogP contribution in [0.3, 0.4) is 0 Å². The normalized spacial score (nSPS) is 31.7. The molecule has 0 aromatic heterocycles. The van der Waals surface area contributed by atoms with E-state index in [9.17, 15) is 4.79 Å². The van der Waals surface area contributed by atoms with Crippen LogP contribution in [-0.4, -0.2) is 6.29 Å². The van der Waals surface area contributed by atoms with Gasteiger partial charge in [0.1, 0.15) is 6.29 Å². The second kappa shape index (κ2) is 8.49. The maximum atomic E-state index is 9.40. The van der Waals surface area contributed by atoms with Gasteiger partial charge < -0.3 is 4.79 Å². The summed E-state index contributed by atoms with van der Waals surface area (Å²) in [6.45, 7) is 5.96. The van der Waals surface area contributed by atoms with Crippen LogP contribution in [0.15, 0.2) is 12.7 Å². The van der Waals surface area contributed by atoms with Crippen molar-refractivity contribution in [3.05, 3.63) is 12.7 Å². The highest BCUT2D eigenvalue weighted by Crippen LogP contribution is 2.43. The summed E-state index contributed by atoms with van der Waals surface area (Å²) in [5.41, 5.74) is 0. The fourth-order valence-electron chi connectivity index (χ4n) is 3.40. The minimum absolute atomic E-state index is 0.708. The largest absolute Gasteiger partial charge is 0.303 e. The van der Waals surface area contributed by atoms with Gasteiger partial charge in [-0.05, 0) is 37.0 Å². The van der Waals surface area contributed by atoms with Crippen LogP contribution < -0.4 is 0 Å². The van der Waals surface area contributed by atoms with E-state index >= 15 is 0 Å². The molecule has 2 rings (SSSR count). The van der Waals surface area contributed by atoms with Gasteiger partial charge in [-0.25, -0.2) is 0 Å². The van der Waals surface area contributed by atoms with Gasteiger partial charge in [-0.3, -0.25) is 0 Å². The molecule has 2 aliphatic carbocycles. The van der Waals surface area contributed by atoms with E-state index in [1.54, 1.807) is 0 Å². The van der Waals surface area contributed by atoms with Gasteiger partial charge in [-0.1, -0.05) is 45.1 Å². The van der Waals surface area contributed by atoms with E-state index in [0.717, 1.165) is 30.5 Å². The number of aldehydes is 1. The topological polar surface area (TPSA) is 17.1 Å². The number of hydrogen-bond acceptors (Lipinski definition) is 1. The van der Waals surface area contributed by atoms with Gasteiger partial charge in [0.05, 0.1) is 0 Å². The first-order valence-electron chi connectivity index (χ1n) is 7.39. The van der Waals surface area contributed by atoms with Crippen LogP contribution in [0, 0.1) is 17.8 Å². The Morgan fingerprint density at radius 1 is 1.12 bits per heavy atom. The first-order valence-corrected chi connectivity index (χ1v) is 7.39. The van der Waals surface area contributed by atoms with E-state index in [2.05, 4.69) is 12.7 Å². The number of carbonyl (C=O) groups is 1. The Kier molecular flexibility index (Phi) is 7.23. The van der Waals surface area contributed by atoms with Gasteiger partial charge in [-0.2, -0.15) is 0 Å². The maximum absolute atomic E-state index is 9.40. The number of unbranched alkanes of at least 4 members (excludes halogenated alkanes) is 1. The van der Waals surface area contributed by atoms with Crippen LogP contribution in [0.5, 0.6) is 0 Å². The van der Waals surface area contributed by atoms with Crippen molar-refractivity contribution in [2.45, 2.75) is 64.7 Å². The molecule has 1 heteroatoms.